The van der Waals surface area contributed by atoms with Gasteiger partial charge < -0.3 is 5.32 Å². The lowest BCUT2D eigenvalue weighted by atomic mass is 10.5. The first-order chi connectivity index (χ1) is 5.33. The summed E-state index contributed by atoms with van der Waals surface area (Å²) < 4.78 is 0.777. The first-order valence-corrected chi connectivity index (χ1v) is 3.94. The molecule has 11 heavy (non-hydrogen) atoms. The Morgan fingerprint density at radius 3 is 3.09 bits per heavy atom. The molecule has 1 N–H and O–H groups in total. The molecule has 0 saturated heterocycles. The van der Waals surface area contributed by atoms with Crippen molar-refractivity contribution in [3.63, 3.8) is 0 Å². The average molecular weight is 214 g/mol. The second-order valence-electron chi connectivity index (χ2n) is 1.90. The highest BCUT2D eigenvalue weighted by atomic mass is 79.9. The lowest BCUT2D eigenvalue weighted by Gasteiger charge is -2.00. The molecule has 0 amide bonds. The number of nitrogens with one attached hydrogen (secondary N) is 1. The summed E-state index contributed by atoms with van der Waals surface area (Å²) in [7, 11) is 0. The summed E-state index contributed by atoms with van der Waals surface area (Å²) in [5.41, 5.74) is 0. The van der Waals surface area contributed by atoms with E-state index < -0.39 is 0 Å². The molecular weight excluding hydrogens is 206 g/mol. The van der Waals surface area contributed by atoms with Gasteiger partial charge in [-0.3, -0.25) is 0 Å². The van der Waals surface area contributed by atoms with E-state index in [1.54, 1.807) is 6.08 Å². The molecule has 0 aliphatic carbocycles. The predicted molar refractivity (Wildman–Crippen MR) is 48.4 cm³/mol. The second kappa shape index (κ2) is 4.08. The van der Waals surface area contributed by atoms with Crippen LogP contribution in [0, 0.1) is 0 Å². The SMILES string of the molecule is C=CCNc1cc(Br)ncn1. The fourth-order valence-corrected chi connectivity index (χ4v) is 0.915. The van der Waals surface area contributed by atoms with E-state index in [2.05, 4.69) is 37.8 Å². The van der Waals surface area contributed by atoms with Gasteiger partial charge >= 0.3 is 0 Å². The number of aromatic nitrogens is 2. The molecule has 4 heteroatoms. The first kappa shape index (κ1) is 8.20. The van der Waals surface area contributed by atoms with Gasteiger partial charge in [0.2, 0.25) is 0 Å². The number of anilines is 1. The molecule has 0 bridgehead atoms. The van der Waals surface area contributed by atoms with E-state index in [9.17, 15) is 0 Å². The molecule has 0 aliphatic heterocycles. The number of halogens is 1. The number of hydrogen-bond acceptors (Lipinski definition) is 3. The van der Waals surface area contributed by atoms with Gasteiger partial charge in [-0.15, -0.1) is 6.58 Å². The minimum absolute atomic E-state index is 0.712. The first-order valence-electron chi connectivity index (χ1n) is 3.15. The van der Waals surface area contributed by atoms with Crippen molar-refractivity contribution in [3.8, 4) is 0 Å². The molecule has 1 aromatic heterocycles. The summed E-state index contributed by atoms with van der Waals surface area (Å²) in [6, 6.07) is 1.81. The van der Waals surface area contributed by atoms with Crippen molar-refractivity contribution in [2.24, 2.45) is 0 Å². The predicted octanol–water partition coefficient (Wildman–Crippen LogP) is 1.84. The number of nitrogens with zero attached hydrogens (tertiary/aromatic N) is 2. The monoisotopic (exact) mass is 213 g/mol. The van der Waals surface area contributed by atoms with E-state index >= 15 is 0 Å². The zero-order chi connectivity index (χ0) is 8.10. The number of hydrogen-bond donors (Lipinski definition) is 1. The van der Waals surface area contributed by atoms with Crippen LogP contribution in [0.1, 0.15) is 0 Å². The van der Waals surface area contributed by atoms with Gasteiger partial charge in [-0.25, -0.2) is 9.97 Å². The lowest BCUT2D eigenvalue weighted by molar-refractivity contribution is 1.12. The minimum Gasteiger partial charge on any atom is -0.366 e. The third kappa shape index (κ3) is 2.67. The Morgan fingerprint density at radius 1 is 1.64 bits per heavy atom. The van der Waals surface area contributed by atoms with Gasteiger partial charge in [0.25, 0.3) is 0 Å². The Balaban J connectivity index is 2.63. The van der Waals surface area contributed by atoms with Gasteiger partial charge in [0.05, 0.1) is 0 Å². The van der Waals surface area contributed by atoms with Crippen LogP contribution in [-0.4, -0.2) is 16.5 Å². The summed E-state index contributed by atoms with van der Waals surface area (Å²) in [4.78, 5) is 7.86. The molecule has 1 aromatic rings. The van der Waals surface area contributed by atoms with Crippen LogP contribution in [0.5, 0.6) is 0 Å². The van der Waals surface area contributed by atoms with Crippen LogP contribution in [0.4, 0.5) is 5.82 Å². The maximum absolute atomic E-state index is 3.98. The Morgan fingerprint density at radius 2 is 2.45 bits per heavy atom. The van der Waals surface area contributed by atoms with Crippen molar-refractivity contribution < 1.29 is 0 Å². The largest absolute Gasteiger partial charge is 0.366 e. The zero-order valence-corrected chi connectivity index (χ0v) is 7.50. The summed E-state index contributed by atoms with van der Waals surface area (Å²) in [6.07, 6.45) is 3.27. The fourth-order valence-electron chi connectivity index (χ4n) is 0.607. The van der Waals surface area contributed by atoms with E-state index in [1.165, 1.54) is 6.33 Å². The molecule has 0 aromatic carbocycles. The van der Waals surface area contributed by atoms with Gasteiger partial charge in [-0.05, 0) is 15.9 Å². The van der Waals surface area contributed by atoms with E-state index in [0.717, 1.165) is 10.4 Å². The molecule has 0 saturated carbocycles. The zero-order valence-electron chi connectivity index (χ0n) is 5.92. The Kier molecular flexibility index (Phi) is 3.04. The van der Waals surface area contributed by atoms with Crippen LogP contribution in [0.25, 0.3) is 0 Å². The summed E-state index contributed by atoms with van der Waals surface area (Å²) in [5, 5.41) is 3.04. The maximum atomic E-state index is 3.98. The summed E-state index contributed by atoms with van der Waals surface area (Å²) in [6.45, 7) is 4.29. The summed E-state index contributed by atoms with van der Waals surface area (Å²) >= 11 is 3.24. The average Bonchev–Trinajstić information content (AvgIpc) is 2.01. The smallest absolute Gasteiger partial charge is 0.130 e. The molecule has 58 valence electrons. The Hall–Kier alpha value is -0.900. The van der Waals surface area contributed by atoms with Gasteiger partial charge in [-0.1, -0.05) is 6.08 Å². The highest BCUT2D eigenvalue weighted by Crippen LogP contribution is 2.08. The van der Waals surface area contributed by atoms with E-state index in [4.69, 9.17) is 0 Å². The van der Waals surface area contributed by atoms with Crippen LogP contribution in [-0.2, 0) is 0 Å². The lowest BCUT2D eigenvalue weighted by Crippen LogP contribution is -1.99. The van der Waals surface area contributed by atoms with Gasteiger partial charge in [0.1, 0.15) is 16.7 Å². The second-order valence-corrected chi connectivity index (χ2v) is 2.71. The van der Waals surface area contributed by atoms with Crippen molar-refractivity contribution in [3.05, 3.63) is 29.7 Å². The molecule has 0 spiro atoms. The molecule has 1 rings (SSSR count). The van der Waals surface area contributed by atoms with Gasteiger partial charge in [-0.2, -0.15) is 0 Å². The molecular formula is C7H8BrN3. The van der Waals surface area contributed by atoms with Crippen molar-refractivity contribution in [2.75, 3.05) is 11.9 Å². The number of rotatable bonds is 3. The third-order valence-electron chi connectivity index (χ3n) is 1.06. The van der Waals surface area contributed by atoms with Gasteiger partial charge in [0, 0.05) is 12.6 Å². The molecule has 0 aliphatic rings. The van der Waals surface area contributed by atoms with Crippen LogP contribution in [0.2, 0.25) is 0 Å². The Labute approximate surface area is 73.7 Å². The third-order valence-corrected chi connectivity index (χ3v) is 1.49. The highest BCUT2D eigenvalue weighted by molar-refractivity contribution is 9.10. The van der Waals surface area contributed by atoms with Crippen LogP contribution in [0.3, 0.4) is 0 Å². The quantitative estimate of drug-likeness (QED) is 0.616. The van der Waals surface area contributed by atoms with E-state index in [-0.39, 0.29) is 0 Å². The topological polar surface area (TPSA) is 37.8 Å². The van der Waals surface area contributed by atoms with E-state index in [1.807, 2.05) is 6.07 Å². The van der Waals surface area contributed by atoms with Crippen molar-refractivity contribution in [2.45, 2.75) is 0 Å². The molecule has 1 heterocycles. The van der Waals surface area contributed by atoms with E-state index in [0.29, 0.717) is 6.54 Å². The fraction of sp³-hybridized carbons (Fsp3) is 0.143. The van der Waals surface area contributed by atoms with Crippen LogP contribution >= 0.6 is 15.9 Å². The van der Waals surface area contributed by atoms with Crippen molar-refractivity contribution in [1.82, 2.24) is 9.97 Å². The molecule has 0 fully saturated rings. The van der Waals surface area contributed by atoms with Crippen LogP contribution < -0.4 is 5.32 Å². The van der Waals surface area contributed by atoms with Crippen LogP contribution in [0.15, 0.2) is 29.7 Å². The minimum atomic E-state index is 0.712. The molecule has 3 nitrogen and oxygen atoms in total. The summed E-state index contributed by atoms with van der Waals surface area (Å²) in [5.74, 6) is 0.798. The highest BCUT2D eigenvalue weighted by Gasteiger charge is 1.91. The molecule has 0 radical (unpaired) electrons. The van der Waals surface area contributed by atoms with Gasteiger partial charge in [0.15, 0.2) is 0 Å². The molecule has 0 unspecified atom stereocenters. The standard InChI is InChI=1S/C7H8BrN3/c1-2-3-9-7-4-6(8)10-5-11-7/h2,4-5H,1,3H2,(H,9,10,11). The molecule has 0 atom stereocenters. The van der Waals surface area contributed by atoms with Crippen molar-refractivity contribution in [1.29, 1.82) is 0 Å². The normalized spacial score (nSPS) is 9.18. The maximum Gasteiger partial charge on any atom is 0.130 e. The Bertz CT molecular complexity index is 249. The van der Waals surface area contributed by atoms with Crippen molar-refractivity contribution >= 4 is 21.7 Å².